The minimum Gasteiger partial charge on any atom is -0.462 e. The van der Waals surface area contributed by atoms with E-state index in [1.54, 1.807) is 0 Å². The van der Waals surface area contributed by atoms with Crippen LogP contribution < -0.4 is 0 Å². The third kappa shape index (κ3) is 6.48. The summed E-state index contributed by atoms with van der Waals surface area (Å²) in [7, 11) is 0. The van der Waals surface area contributed by atoms with Crippen LogP contribution in [0.25, 0.3) is 0 Å². The van der Waals surface area contributed by atoms with Gasteiger partial charge in [-0.2, -0.15) is 35.1 Å². The number of rotatable bonds is 6. The Morgan fingerprint density at radius 1 is 0.443 bits per heavy atom. The largest absolute Gasteiger partial charge is 0.462 e. The van der Waals surface area contributed by atoms with Gasteiger partial charge in [-0.25, -0.2) is 0 Å². The molecule has 0 amide bonds. The predicted octanol–water partition coefficient (Wildman–Crippen LogP) is 7.48. The summed E-state index contributed by atoms with van der Waals surface area (Å²) in [5.41, 5.74) is -2.22. The topological polar surface area (TPSA) is 108 Å². The van der Waals surface area contributed by atoms with Crippen molar-refractivity contribution in [3.63, 3.8) is 0 Å². The Kier molecular flexibility index (Phi) is 9.48. The van der Waals surface area contributed by atoms with Crippen LogP contribution in [-0.2, 0) is 47.5 Å². The van der Waals surface area contributed by atoms with Crippen LogP contribution >= 0.6 is 0 Å². The van der Waals surface area contributed by atoms with E-state index in [2.05, 4.69) is 0 Å². The zero-order valence-corrected chi connectivity index (χ0v) is 33.9. The SMILES string of the molecule is O=C(OCC1OC2(OC1COC(=O)C13CC4CC(C1)C1(OCC(F)(F)C(F)(F)CO1)C(C4)C3)C1CC3CC(C1)CC2C3)C12CC3CC(C1)OCC(F)(F)C(F)(F)COC(C3)C2. The second-order valence-electron chi connectivity index (χ2n) is 21.4. The number of fused-ring (bicyclic) bond motifs is 5. The molecule has 6 unspecified atom stereocenters. The Morgan fingerprint density at radius 3 is 1.30 bits per heavy atom. The molecule has 4 saturated heterocycles. The molecule has 6 atom stereocenters. The van der Waals surface area contributed by atoms with E-state index in [1.807, 2.05) is 0 Å². The van der Waals surface area contributed by atoms with E-state index in [4.69, 9.17) is 37.9 Å². The summed E-state index contributed by atoms with van der Waals surface area (Å²) in [6.45, 7) is -6.45. The zero-order valence-electron chi connectivity index (χ0n) is 33.9. The number of alkyl halides is 8. The standard InChI is InChI=1S/C43H54F8O10/c44-38(45)18-56-30-8-25-9-31(57-19-39(38,46)47)15-37(11-25,14-30)35(53)55-17-33-32(60-43(61-33)26-2-22-1-23(4-26)5-27(43)3-22)16-54-34(52)36-10-24-6-28(12-36)42(29(7-24)13-36)58-20-40(48,49)41(50,51)21-59-42/h22-33H,1-21H2. The molecule has 14 aliphatic rings. The number of hydrogen-bond donors (Lipinski definition) is 0. The van der Waals surface area contributed by atoms with Crippen molar-refractivity contribution in [1.82, 2.24) is 0 Å². The number of carbonyl (C=O) groups excluding carboxylic acids is 2. The highest BCUT2D eigenvalue weighted by Gasteiger charge is 2.71. The average molecular weight is 883 g/mol. The van der Waals surface area contributed by atoms with Gasteiger partial charge in [0.15, 0.2) is 11.6 Å². The molecule has 0 aromatic rings. The smallest absolute Gasteiger partial charge is 0.335 e. The van der Waals surface area contributed by atoms with Crippen molar-refractivity contribution in [2.24, 2.45) is 58.2 Å². The molecule has 0 aromatic carbocycles. The van der Waals surface area contributed by atoms with Crippen molar-refractivity contribution in [2.45, 2.75) is 156 Å². The molecule has 0 N–H and O–H groups in total. The average Bonchev–Trinajstić information content (AvgIpc) is 3.52. The van der Waals surface area contributed by atoms with Gasteiger partial charge >= 0.3 is 35.6 Å². The molecule has 342 valence electrons. The van der Waals surface area contributed by atoms with Crippen molar-refractivity contribution < 1.29 is 82.6 Å². The van der Waals surface area contributed by atoms with Crippen LogP contribution in [0.4, 0.5) is 35.1 Å². The highest BCUT2D eigenvalue weighted by atomic mass is 19.3. The monoisotopic (exact) mass is 882 g/mol. The van der Waals surface area contributed by atoms with E-state index in [9.17, 15) is 44.7 Å². The molecule has 14 rings (SSSR count). The Balaban J connectivity index is 0.805. The highest BCUT2D eigenvalue weighted by molar-refractivity contribution is 5.78. The molecule has 10 aliphatic carbocycles. The van der Waals surface area contributed by atoms with E-state index in [1.165, 1.54) is 6.42 Å². The first-order valence-corrected chi connectivity index (χ1v) is 22.5. The molecule has 0 radical (unpaired) electrons. The van der Waals surface area contributed by atoms with Crippen LogP contribution in [0.1, 0.15) is 96.3 Å². The Hall–Kier alpha value is -1.86. The first-order valence-electron chi connectivity index (χ1n) is 22.5. The number of hydrogen-bond acceptors (Lipinski definition) is 10. The lowest BCUT2D eigenvalue weighted by atomic mass is 9.47. The van der Waals surface area contributed by atoms with E-state index < -0.39 is 121 Å². The van der Waals surface area contributed by atoms with Gasteiger partial charge in [0, 0.05) is 23.7 Å². The van der Waals surface area contributed by atoms with Crippen molar-refractivity contribution in [3.05, 3.63) is 0 Å². The van der Waals surface area contributed by atoms with Crippen LogP contribution in [0.15, 0.2) is 0 Å². The van der Waals surface area contributed by atoms with Crippen molar-refractivity contribution in [2.75, 3.05) is 39.6 Å². The van der Waals surface area contributed by atoms with Gasteiger partial charge in [-0.3, -0.25) is 9.59 Å². The van der Waals surface area contributed by atoms with Gasteiger partial charge in [-0.1, -0.05) is 0 Å². The van der Waals surface area contributed by atoms with Crippen LogP contribution in [0, 0.1) is 58.2 Å². The van der Waals surface area contributed by atoms with Gasteiger partial charge in [0.2, 0.25) is 0 Å². The van der Waals surface area contributed by atoms with E-state index in [-0.39, 0.29) is 62.6 Å². The summed E-state index contributed by atoms with van der Waals surface area (Å²) in [5.74, 6) is -21.4. The van der Waals surface area contributed by atoms with E-state index in [0.29, 0.717) is 50.4 Å². The number of halogens is 8. The fourth-order valence-electron chi connectivity index (χ4n) is 15.1. The minimum absolute atomic E-state index is 0.0110. The molecular weight excluding hydrogens is 828 g/mol. The molecule has 61 heavy (non-hydrogen) atoms. The lowest BCUT2D eigenvalue weighted by molar-refractivity contribution is -0.346. The first kappa shape index (κ1) is 41.8. The third-order valence-corrected chi connectivity index (χ3v) is 17.5. The molecule has 2 spiro atoms. The predicted molar refractivity (Wildman–Crippen MR) is 190 cm³/mol. The van der Waals surface area contributed by atoms with Crippen molar-refractivity contribution >= 4 is 11.9 Å². The van der Waals surface area contributed by atoms with E-state index >= 15 is 0 Å². The fraction of sp³-hybridized carbons (Fsp3) is 0.953. The Morgan fingerprint density at radius 2 is 0.836 bits per heavy atom. The molecule has 10 nitrogen and oxygen atoms in total. The van der Waals surface area contributed by atoms with Crippen molar-refractivity contribution in [3.8, 4) is 0 Å². The van der Waals surface area contributed by atoms with Gasteiger partial charge in [0.05, 0.1) is 23.0 Å². The maximum atomic E-state index is 14.6. The number of esters is 2. The normalized spacial score (nSPS) is 50.1. The summed E-state index contributed by atoms with van der Waals surface area (Å²) >= 11 is 0. The maximum Gasteiger partial charge on any atom is 0.335 e. The van der Waals surface area contributed by atoms with Crippen LogP contribution in [0.2, 0.25) is 0 Å². The molecule has 12 bridgehead atoms. The van der Waals surface area contributed by atoms with Crippen LogP contribution in [-0.4, -0.2) is 111 Å². The van der Waals surface area contributed by atoms with E-state index in [0.717, 1.165) is 25.7 Å². The lowest BCUT2D eigenvalue weighted by Crippen LogP contribution is -2.65. The Bertz CT molecular complexity index is 1680. The molecular formula is C43H54F8O10. The summed E-state index contributed by atoms with van der Waals surface area (Å²) in [5, 5.41) is 0. The minimum atomic E-state index is -4.45. The van der Waals surface area contributed by atoms with Gasteiger partial charge in [-0.15, -0.1) is 0 Å². The van der Waals surface area contributed by atoms with Gasteiger partial charge in [-0.05, 0) is 120 Å². The van der Waals surface area contributed by atoms with Crippen LogP contribution in [0.5, 0.6) is 0 Å². The molecule has 0 aromatic heterocycles. The number of carbonyl (C=O) groups is 2. The molecule has 4 heterocycles. The second kappa shape index (κ2) is 13.8. The maximum absolute atomic E-state index is 14.6. The summed E-state index contributed by atoms with van der Waals surface area (Å²) < 4.78 is 164. The second-order valence-corrected chi connectivity index (χ2v) is 21.4. The Labute approximate surface area is 348 Å². The first-order chi connectivity index (χ1) is 28.7. The molecule has 18 heteroatoms. The number of ether oxygens (including phenoxy) is 8. The van der Waals surface area contributed by atoms with Crippen molar-refractivity contribution in [1.29, 1.82) is 0 Å². The van der Waals surface area contributed by atoms with Gasteiger partial charge in [0.25, 0.3) is 0 Å². The highest BCUT2D eigenvalue weighted by Crippen LogP contribution is 2.67. The summed E-state index contributed by atoms with van der Waals surface area (Å²) in [6.07, 6.45) is 4.34. The van der Waals surface area contributed by atoms with Crippen LogP contribution in [0.3, 0.4) is 0 Å². The molecule has 10 saturated carbocycles. The fourth-order valence-corrected chi connectivity index (χ4v) is 15.1. The quantitative estimate of drug-likeness (QED) is 0.197. The summed E-state index contributed by atoms with van der Waals surface area (Å²) in [4.78, 5) is 28.6. The van der Waals surface area contributed by atoms with Gasteiger partial charge in [0.1, 0.15) is 51.8 Å². The van der Waals surface area contributed by atoms with Gasteiger partial charge < -0.3 is 37.9 Å². The molecule has 14 fully saturated rings. The lowest BCUT2D eigenvalue weighted by Gasteiger charge is -2.62. The summed E-state index contributed by atoms with van der Waals surface area (Å²) in [6, 6.07) is 0. The zero-order chi connectivity index (χ0) is 42.6. The third-order valence-electron chi connectivity index (χ3n) is 17.5. The molecule has 4 aliphatic heterocycles.